The fourth-order valence-electron chi connectivity index (χ4n) is 1.74. The molecule has 0 amide bonds. The summed E-state index contributed by atoms with van der Waals surface area (Å²) in [5, 5.41) is 4.51. The Hall–Kier alpha value is -1.36. The van der Waals surface area contributed by atoms with E-state index >= 15 is 0 Å². The van der Waals surface area contributed by atoms with Crippen molar-refractivity contribution in [1.29, 1.82) is 0 Å². The van der Waals surface area contributed by atoms with E-state index in [9.17, 15) is 0 Å². The smallest absolute Gasteiger partial charge is 0.256 e. The van der Waals surface area contributed by atoms with E-state index in [1.165, 1.54) is 25.6 Å². The number of hydrogen-bond donors (Lipinski definition) is 0. The average Bonchev–Trinajstić information content (AvgIpc) is 2.81. The molecule has 0 radical (unpaired) electrons. The molecule has 2 rings (SSSR count). The van der Waals surface area contributed by atoms with Crippen molar-refractivity contribution in [1.82, 2.24) is 19.6 Å². The van der Waals surface area contributed by atoms with Crippen molar-refractivity contribution >= 4 is 17.4 Å². The fraction of sp³-hybridized carbons (Fsp3) is 0.583. The van der Waals surface area contributed by atoms with E-state index in [-0.39, 0.29) is 0 Å². The van der Waals surface area contributed by atoms with Crippen LogP contribution in [0, 0.1) is 6.92 Å². The highest BCUT2D eigenvalue weighted by molar-refractivity contribution is 6.30. The van der Waals surface area contributed by atoms with E-state index in [0.717, 1.165) is 12.0 Å². The van der Waals surface area contributed by atoms with Gasteiger partial charge in [0.2, 0.25) is 5.88 Å². The molecule has 6 heteroatoms. The van der Waals surface area contributed by atoms with Gasteiger partial charge in [-0.2, -0.15) is 19.6 Å². The Labute approximate surface area is 111 Å². The maximum atomic E-state index is 6.04. The van der Waals surface area contributed by atoms with Gasteiger partial charge in [-0.15, -0.1) is 0 Å². The molecule has 0 atom stereocenters. The first-order valence-electron chi connectivity index (χ1n) is 6.22. The first-order valence-corrected chi connectivity index (χ1v) is 6.60. The molecule has 18 heavy (non-hydrogen) atoms. The number of halogens is 1. The van der Waals surface area contributed by atoms with Crippen molar-refractivity contribution in [2.24, 2.45) is 0 Å². The van der Waals surface area contributed by atoms with Gasteiger partial charge in [-0.05, 0) is 13.3 Å². The van der Waals surface area contributed by atoms with E-state index in [0.29, 0.717) is 23.4 Å². The number of fused-ring (bicyclic) bond motifs is 1. The Morgan fingerprint density at radius 1 is 1.33 bits per heavy atom. The van der Waals surface area contributed by atoms with E-state index < -0.39 is 0 Å². The SMILES string of the molecule is CCCCCCOc1c(C)c(Cl)nc2ncnn12. The Bertz CT molecular complexity index is 526. The first-order chi connectivity index (χ1) is 8.74. The molecular weight excluding hydrogens is 252 g/mol. The molecule has 0 saturated heterocycles. The lowest BCUT2D eigenvalue weighted by Crippen LogP contribution is -2.06. The van der Waals surface area contributed by atoms with Crippen LogP contribution in [0.1, 0.15) is 38.2 Å². The van der Waals surface area contributed by atoms with Crippen molar-refractivity contribution in [3.05, 3.63) is 17.0 Å². The molecule has 0 spiro atoms. The Morgan fingerprint density at radius 3 is 2.94 bits per heavy atom. The minimum Gasteiger partial charge on any atom is -0.477 e. The van der Waals surface area contributed by atoms with E-state index in [1.807, 2.05) is 6.92 Å². The molecule has 0 aromatic carbocycles. The van der Waals surface area contributed by atoms with Gasteiger partial charge in [-0.25, -0.2) is 0 Å². The van der Waals surface area contributed by atoms with Gasteiger partial charge in [0.25, 0.3) is 5.78 Å². The number of unbranched alkanes of at least 4 members (excludes halogenated alkanes) is 3. The highest BCUT2D eigenvalue weighted by Gasteiger charge is 2.13. The van der Waals surface area contributed by atoms with E-state index in [4.69, 9.17) is 16.3 Å². The standard InChI is InChI=1S/C12H17ClN4O/c1-3-4-5-6-7-18-11-9(2)10(13)16-12-14-8-15-17(11)12/h8H,3-7H2,1-2H3. The molecule has 98 valence electrons. The third-order valence-electron chi connectivity index (χ3n) is 2.79. The third-order valence-corrected chi connectivity index (χ3v) is 3.16. The van der Waals surface area contributed by atoms with Crippen LogP contribution in [0.25, 0.3) is 5.78 Å². The largest absolute Gasteiger partial charge is 0.477 e. The van der Waals surface area contributed by atoms with Crippen molar-refractivity contribution < 1.29 is 4.74 Å². The summed E-state index contributed by atoms with van der Waals surface area (Å²) < 4.78 is 7.36. The molecule has 0 aliphatic rings. The van der Waals surface area contributed by atoms with Gasteiger partial charge in [0, 0.05) is 5.56 Å². The molecule has 0 aliphatic carbocycles. The molecule has 2 aromatic rings. The minimum absolute atomic E-state index is 0.416. The van der Waals surface area contributed by atoms with Crippen molar-refractivity contribution in [3.63, 3.8) is 0 Å². The number of rotatable bonds is 6. The third kappa shape index (κ3) is 2.72. The van der Waals surface area contributed by atoms with Gasteiger partial charge in [0.05, 0.1) is 6.61 Å². The molecular formula is C12H17ClN4O. The lowest BCUT2D eigenvalue weighted by molar-refractivity contribution is 0.284. The highest BCUT2D eigenvalue weighted by atomic mass is 35.5. The topological polar surface area (TPSA) is 52.3 Å². The Balaban J connectivity index is 2.11. The zero-order chi connectivity index (χ0) is 13.0. The van der Waals surface area contributed by atoms with Gasteiger partial charge in [-0.3, -0.25) is 0 Å². The van der Waals surface area contributed by atoms with Crippen LogP contribution >= 0.6 is 11.6 Å². The van der Waals surface area contributed by atoms with Crippen molar-refractivity contribution in [3.8, 4) is 5.88 Å². The summed E-state index contributed by atoms with van der Waals surface area (Å²) in [5.74, 6) is 1.10. The quantitative estimate of drug-likeness (QED) is 0.597. The monoisotopic (exact) mass is 268 g/mol. The molecule has 0 unspecified atom stereocenters. The number of aromatic nitrogens is 4. The summed E-state index contributed by atoms with van der Waals surface area (Å²) in [6.45, 7) is 4.72. The van der Waals surface area contributed by atoms with E-state index in [2.05, 4.69) is 22.0 Å². The summed E-state index contributed by atoms with van der Waals surface area (Å²) in [7, 11) is 0. The molecule has 0 saturated carbocycles. The second-order valence-electron chi connectivity index (χ2n) is 4.21. The van der Waals surface area contributed by atoms with Crippen molar-refractivity contribution in [2.45, 2.75) is 39.5 Å². The fourth-order valence-corrected chi connectivity index (χ4v) is 1.90. The van der Waals surface area contributed by atoms with Crippen LogP contribution in [0.4, 0.5) is 0 Å². The zero-order valence-electron chi connectivity index (χ0n) is 10.7. The summed E-state index contributed by atoms with van der Waals surface area (Å²) in [6.07, 6.45) is 6.10. The number of nitrogens with zero attached hydrogens (tertiary/aromatic N) is 4. The molecule has 2 heterocycles. The first kappa shape index (κ1) is 13.1. The molecule has 5 nitrogen and oxygen atoms in total. The molecule has 0 bridgehead atoms. The van der Waals surface area contributed by atoms with Crippen LogP contribution in [0.15, 0.2) is 6.33 Å². The van der Waals surface area contributed by atoms with Gasteiger partial charge < -0.3 is 4.74 Å². The molecule has 0 N–H and O–H groups in total. The van der Waals surface area contributed by atoms with Gasteiger partial charge >= 0.3 is 0 Å². The normalized spacial score (nSPS) is 11.1. The predicted octanol–water partition coefficient (Wildman–Crippen LogP) is 3.05. The van der Waals surface area contributed by atoms with Crippen LogP contribution in [-0.2, 0) is 0 Å². The second-order valence-corrected chi connectivity index (χ2v) is 4.57. The molecule has 0 aliphatic heterocycles. The zero-order valence-corrected chi connectivity index (χ0v) is 11.4. The Kier molecular flexibility index (Phi) is 4.36. The van der Waals surface area contributed by atoms with Gasteiger partial charge in [0.15, 0.2) is 0 Å². The second kappa shape index (κ2) is 6.00. The van der Waals surface area contributed by atoms with Crippen LogP contribution in [0.2, 0.25) is 5.15 Å². The lowest BCUT2D eigenvalue weighted by Gasteiger charge is -2.10. The highest BCUT2D eigenvalue weighted by Crippen LogP contribution is 2.24. The summed E-state index contributed by atoms with van der Waals surface area (Å²) in [4.78, 5) is 8.14. The summed E-state index contributed by atoms with van der Waals surface area (Å²) in [5.41, 5.74) is 0.796. The minimum atomic E-state index is 0.416. The van der Waals surface area contributed by atoms with Crippen LogP contribution < -0.4 is 4.74 Å². The number of hydrogen-bond acceptors (Lipinski definition) is 4. The molecule has 0 fully saturated rings. The number of ether oxygens (including phenoxy) is 1. The maximum Gasteiger partial charge on any atom is 0.256 e. The average molecular weight is 269 g/mol. The summed E-state index contributed by atoms with van der Waals surface area (Å²) in [6, 6.07) is 0. The van der Waals surface area contributed by atoms with Crippen LogP contribution in [0.3, 0.4) is 0 Å². The van der Waals surface area contributed by atoms with Crippen LogP contribution in [0.5, 0.6) is 5.88 Å². The van der Waals surface area contributed by atoms with Gasteiger partial charge in [0.1, 0.15) is 11.5 Å². The Morgan fingerprint density at radius 2 is 2.17 bits per heavy atom. The van der Waals surface area contributed by atoms with E-state index in [1.54, 1.807) is 4.52 Å². The summed E-state index contributed by atoms with van der Waals surface area (Å²) >= 11 is 6.04. The predicted molar refractivity (Wildman–Crippen MR) is 70.2 cm³/mol. The molecule has 2 aromatic heterocycles. The van der Waals surface area contributed by atoms with Crippen LogP contribution in [-0.4, -0.2) is 26.2 Å². The van der Waals surface area contributed by atoms with Crippen molar-refractivity contribution in [2.75, 3.05) is 6.61 Å². The maximum absolute atomic E-state index is 6.04. The lowest BCUT2D eigenvalue weighted by atomic mass is 10.2. The van der Waals surface area contributed by atoms with Gasteiger partial charge in [-0.1, -0.05) is 37.8 Å².